The van der Waals surface area contributed by atoms with Crippen LogP contribution in [0.4, 0.5) is 73.9 Å². The van der Waals surface area contributed by atoms with E-state index in [1.165, 1.54) is 12.1 Å². The Balaban J connectivity index is 1.13. The molecule has 0 amide bonds. The molecule has 0 radical (unpaired) electrons. The van der Waals surface area contributed by atoms with E-state index in [2.05, 4.69) is 88.6 Å². The predicted molar refractivity (Wildman–Crippen MR) is 363 cm³/mol. The highest BCUT2D eigenvalue weighted by Gasteiger charge is 2.33. The van der Waals surface area contributed by atoms with Gasteiger partial charge in [-0.25, -0.2) is 21.0 Å². The molecule has 0 saturated heterocycles. The topological polar surface area (TPSA) is 732 Å². The Morgan fingerprint density at radius 1 is 0.426 bits per heavy atom. The number of hydrogen-bond donors (Lipinski definition) is 13. The highest BCUT2D eigenvalue weighted by Crippen LogP contribution is 2.53. The van der Waals surface area contributed by atoms with Crippen molar-refractivity contribution >= 4 is 205 Å². The van der Waals surface area contributed by atoms with Crippen LogP contribution in [0.3, 0.4) is 0 Å². The number of nitro groups is 2. The van der Waals surface area contributed by atoms with Crippen LogP contribution in [0.15, 0.2) is 193 Å². The third-order valence-electron chi connectivity index (χ3n) is 13.7. The lowest BCUT2D eigenvalue weighted by Crippen LogP contribution is -2.04. The summed E-state index contributed by atoms with van der Waals surface area (Å²) in [5, 5.41) is 140. The van der Waals surface area contributed by atoms with Crippen LogP contribution in [0.1, 0.15) is 6.42 Å². The summed E-state index contributed by atoms with van der Waals surface area (Å²) in [6.07, 6.45) is 0.147. The maximum Gasteiger partial charge on any atom is 0.297 e. The number of nitrogen functional groups attached to an aromatic ring is 1. The number of ether oxygens (including phenoxy) is 1. The summed E-state index contributed by atoms with van der Waals surface area (Å²) in [7, 11) is -28.8. The third kappa shape index (κ3) is 18.9. The van der Waals surface area contributed by atoms with Crippen molar-refractivity contribution in [2.75, 3.05) is 18.1 Å². The molecule has 0 aliphatic rings. The summed E-state index contributed by atoms with van der Waals surface area (Å²) in [5.41, 5.74) is -3.05. The van der Waals surface area contributed by atoms with Gasteiger partial charge in [0.2, 0.25) is 0 Å². The van der Waals surface area contributed by atoms with Crippen molar-refractivity contribution in [3.63, 3.8) is 0 Å². The van der Waals surface area contributed by atoms with Crippen molar-refractivity contribution in [3.8, 4) is 23.0 Å². The van der Waals surface area contributed by atoms with E-state index in [0.29, 0.717) is 60.4 Å². The van der Waals surface area contributed by atoms with Crippen molar-refractivity contribution in [2.24, 2.45) is 51.1 Å². The van der Waals surface area contributed by atoms with Gasteiger partial charge in [0.25, 0.3) is 62.0 Å². The molecule has 0 aliphatic heterocycles. The lowest BCUT2D eigenvalue weighted by Gasteiger charge is -2.15. The Labute approximate surface area is 615 Å². The molecule has 14 N–H and O–H groups in total. The van der Waals surface area contributed by atoms with Gasteiger partial charge in [0.05, 0.1) is 79.1 Å². The molecule has 0 aromatic heterocycles. The highest BCUT2D eigenvalue weighted by molar-refractivity contribution is 7.95. The Hall–Kier alpha value is -9.97. The molecule has 570 valence electrons. The Kier molecular flexibility index (Phi) is 25.9. The zero-order valence-corrected chi connectivity index (χ0v) is 59.2. The van der Waals surface area contributed by atoms with Crippen LogP contribution in [0.2, 0.25) is 0 Å². The zero-order valence-electron chi connectivity index (χ0n) is 51.8. The minimum absolute atomic E-state index is 0.00447. The Morgan fingerprint density at radius 2 is 0.907 bits per heavy atom. The maximum absolute atomic E-state index is 13.3. The lowest BCUT2D eigenvalue weighted by atomic mass is 10.0. The average molecular weight is 1680 g/mol. The second-order valence-electron chi connectivity index (χ2n) is 20.2. The van der Waals surface area contributed by atoms with Crippen LogP contribution in [-0.2, 0) is 88.1 Å². The number of benzene rings is 9. The number of non-ortho nitro benzene ring substituents is 1. The lowest BCUT2D eigenvalue weighted by molar-refractivity contribution is -0.432. The van der Waals surface area contributed by atoms with E-state index in [1.54, 1.807) is 0 Å². The molecule has 0 atom stereocenters. The van der Waals surface area contributed by atoms with E-state index in [0.717, 1.165) is 60.7 Å². The summed E-state index contributed by atoms with van der Waals surface area (Å²) in [6.45, 7) is -0.188. The number of rotatable bonds is 33. The van der Waals surface area contributed by atoms with Crippen LogP contribution >= 0.6 is 48.2 Å². The standard InChI is InChI=1S/C51H37N13O35S9/c52-43-34(20-39(104(76,77)78)28-17-38(103-99-95-75)44(49(67)42(28)43)60-54-29-9-4-23(101-97-93-73)16-35(29)64(70)71)59-57-32-10-5-24-26(50(32)107(85,86)87)18-41(106(82,83)84)46(48(24)66)62-58-33-11-6-25-27(51(33)108(88,89)90)19-40(105(79,80)81)45(47(25)65)61-55-30-7-2-21(14-36(30)91-12-1-13-100-96-92-72)53-56-31-8-3-22(63(68)69)15-37(31)102-98-94-74/h2-11,14-20,65-67,72-75H,1,12-13,52H2,(H,76,77,78)(H,79,80,81)(H,82,83,84)(H,85,86,87)(H,88,89,90). The third-order valence-corrected chi connectivity index (χ3v) is 20.7. The number of aromatic hydroxyl groups is 3. The van der Waals surface area contributed by atoms with Crippen LogP contribution in [-0.4, -0.2) is 123 Å². The molecular weight excluding hydrogens is 1640 g/mol. The van der Waals surface area contributed by atoms with Crippen molar-refractivity contribution in [2.45, 2.75) is 45.6 Å². The summed E-state index contributed by atoms with van der Waals surface area (Å²) >= 11 is 1.25. The number of phenolic OH excluding ortho intramolecular Hbond substituents is 3. The predicted octanol–water partition coefficient (Wildman–Crippen LogP) is 14.1. The minimum Gasteiger partial charge on any atom is -0.505 e. The van der Waals surface area contributed by atoms with Crippen LogP contribution < -0.4 is 10.5 Å². The monoisotopic (exact) mass is 1680 g/mol. The van der Waals surface area contributed by atoms with E-state index in [4.69, 9.17) is 31.5 Å². The van der Waals surface area contributed by atoms with E-state index in [9.17, 15) is 100 Å². The quantitative estimate of drug-likeness (QED) is 0.00265. The fourth-order valence-corrected chi connectivity index (χ4v) is 14.7. The van der Waals surface area contributed by atoms with Gasteiger partial charge in [-0.1, -0.05) is 20.2 Å². The van der Waals surface area contributed by atoms with Gasteiger partial charge in [-0.3, -0.25) is 43.0 Å². The first-order valence-corrected chi connectivity index (χ1v) is 37.9. The number of nitrogens with zero attached hydrogens (tertiary/aromatic N) is 12. The molecule has 0 unspecified atom stereocenters. The van der Waals surface area contributed by atoms with Gasteiger partial charge in [0.15, 0.2) is 22.9 Å². The van der Waals surface area contributed by atoms with Crippen LogP contribution in [0.25, 0.3) is 32.3 Å². The first-order valence-electron chi connectivity index (χ1n) is 27.5. The van der Waals surface area contributed by atoms with Gasteiger partial charge < -0.3 is 25.8 Å². The van der Waals surface area contributed by atoms with Gasteiger partial charge in [-0.2, -0.15) is 47.2 Å². The molecule has 9 aromatic rings. The first kappa shape index (κ1) is 82.1. The molecule has 108 heavy (non-hydrogen) atoms. The van der Waals surface area contributed by atoms with Crippen molar-refractivity contribution in [3.05, 3.63) is 123 Å². The number of nitro benzene ring substituents is 2. The Bertz CT molecular complexity index is 5910. The highest BCUT2D eigenvalue weighted by atomic mass is 32.2. The zero-order chi connectivity index (χ0) is 79.0. The van der Waals surface area contributed by atoms with E-state index in [1.807, 2.05) is 0 Å². The SMILES string of the molecule is Nc1c(N=Nc2ccc3c(O)c(N=Nc4ccc5c(O)c(N=Nc6ccc(N=Nc7ccc([N+](=O)[O-])cc7SOOO)cc6OCCCSOOO)c(S(=O)(=O)O)cc5c4S(=O)(=O)O)c(S(=O)(=O)O)cc3c2S(=O)(=O)O)cc(S(=O)(=O)O)c2cc(SOOO)c(N=Nc3ccc(SOOO)cc3[N+](=O)[O-])c(O)c12. The second-order valence-corrected chi connectivity index (χ2v) is 30.1. The number of phenols is 3. The molecule has 57 heteroatoms. The van der Waals surface area contributed by atoms with Crippen LogP contribution in [0, 0.1) is 20.2 Å². The molecule has 0 bridgehead atoms. The number of hydrogen-bond acceptors (Lipinski definition) is 45. The largest absolute Gasteiger partial charge is 0.505 e. The normalized spacial score (nSPS) is 12.8. The molecule has 0 aliphatic carbocycles. The minimum atomic E-state index is -5.88. The average Bonchev–Trinajstić information content (AvgIpc) is 0.747. The molecular formula is C51H37N13O35S9. The fraction of sp³-hybridized carbons (Fsp3) is 0.0588. The Morgan fingerprint density at radius 3 is 1.44 bits per heavy atom. The second kappa shape index (κ2) is 34.1. The van der Waals surface area contributed by atoms with E-state index in [-0.39, 0.29) is 69.5 Å². The summed E-state index contributed by atoms with van der Waals surface area (Å²) in [6, 6.07) is 14.3. The molecule has 9 aromatic carbocycles. The molecule has 0 saturated carbocycles. The molecule has 48 nitrogen and oxygen atoms in total. The molecule has 0 spiro atoms. The smallest absolute Gasteiger partial charge is 0.297 e. The van der Waals surface area contributed by atoms with Crippen molar-refractivity contribution in [1.29, 1.82) is 0 Å². The van der Waals surface area contributed by atoms with Crippen molar-refractivity contribution < 1.29 is 153 Å². The molecule has 0 fully saturated rings. The maximum atomic E-state index is 13.3. The fourth-order valence-electron chi connectivity index (χ4n) is 9.37. The summed E-state index contributed by atoms with van der Waals surface area (Å²) in [5.74, 6) is -4.10. The van der Waals surface area contributed by atoms with E-state index >= 15 is 0 Å². The van der Waals surface area contributed by atoms with Gasteiger partial charge in [-0.15, -0.1) is 63.4 Å². The van der Waals surface area contributed by atoms with Crippen molar-refractivity contribution in [1.82, 2.24) is 0 Å². The van der Waals surface area contributed by atoms with Gasteiger partial charge in [0, 0.05) is 73.9 Å². The van der Waals surface area contributed by atoms with E-state index < -0.39 is 196 Å². The summed E-state index contributed by atoms with van der Waals surface area (Å²) in [4.78, 5) is 13.8. The van der Waals surface area contributed by atoms with Gasteiger partial charge >= 0.3 is 0 Å². The molecule has 9 rings (SSSR count). The van der Waals surface area contributed by atoms with Gasteiger partial charge in [-0.05, 0) is 85.3 Å². The number of nitrogens with two attached hydrogens (primary N) is 1. The number of anilines is 1. The number of azo groups is 5. The number of fused-ring (bicyclic) bond motifs is 3. The van der Waals surface area contributed by atoms with Crippen LogP contribution in [0.5, 0.6) is 23.0 Å². The summed E-state index contributed by atoms with van der Waals surface area (Å²) < 4.78 is 208. The van der Waals surface area contributed by atoms with Gasteiger partial charge in [0.1, 0.15) is 75.7 Å². The molecule has 0 heterocycles. The first-order chi connectivity index (χ1) is 50.9.